The van der Waals surface area contributed by atoms with Gasteiger partial charge in [-0.25, -0.2) is 4.98 Å². The number of nitrogens with zero attached hydrogens (tertiary/aromatic N) is 5. The van der Waals surface area contributed by atoms with E-state index in [1.165, 1.54) is 11.3 Å². The minimum atomic E-state index is 0.0427. The van der Waals surface area contributed by atoms with Gasteiger partial charge in [-0.1, -0.05) is 0 Å². The van der Waals surface area contributed by atoms with Crippen LogP contribution in [0.5, 0.6) is 0 Å². The predicted molar refractivity (Wildman–Crippen MR) is 95.8 cm³/mol. The van der Waals surface area contributed by atoms with Crippen molar-refractivity contribution >= 4 is 5.91 Å². The molecule has 0 bridgehead atoms. The van der Waals surface area contributed by atoms with Crippen LogP contribution >= 0.6 is 0 Å². The molecule has 2 aromatic heterocycles. The monoisotopic (exact) mass is 344 g/mol. The van der Waals surface area contributed by atoms with E-state index in [-0.39, 0.29) is 17.9 Å². The van der Waals surface area contributed by atoms with Gasteiger partial charge in [0.15, 0.2) is 0 Å². The molecule has 0 aromatic carbocycles. The van der Waals surface area contributed by atoms with E-state index in [0.717, 1.165) is 24.6 Å². The Morgan fingerprint density at radius 2 is 2.08 bits per heavy atom. The van der Waals surface area contributed by atoms with Gasteiger partial charge in [-0.15, -0.1) is 0 Å². The van der Waals surface area contributed by atoms with Crippen molar-refractivity contribution in [3.05, 3.63) is 35.2 Å². The number of aryl methyl sites for hydroxylation is 3. The van der Waals surface area contributed by atoms with Gasteiger partial charge < -0.3 is 14.8 Å². The van der Waals surface area contributed by atoms with E-state index in [2.05, 4.69) is 22.3 Å². The molecule has 1 saturated heterocycles. The zero-order valence-electron chi connectivity index (χ0n) is 15.8. The molecule has 3 rings (SSSR count). The smallest absolute Gasteiger partial charge is 0.223 e. The first-order chi connectivity index (χ1) is 11.9. The number of nitrogens with one attached hydrogen (secondary N) is 1. The third kappa shape index (κ3) is 3.20. The highest BCUT2D eigenvalue weighted by molar-refractivity contribution is 5.79. The summed E-state index contributed by atoms with van der Waals surface area (Å²) in [5.41, 5.74) is 3.49. The number of carbonyl (C=O) groups excluding carboxylic acids is 1. The first-order valence-corrected chi connectivity index (χ1v) is 8.90. The Balaban J connectivity index is 1.72. The van der Waals surface area contributed by atoms with E-state index in [0.29, 0.717) is 13.0 Å². The van der Waals surface area contributed by atoms with Gasteiger partial charge in [-0.05, 0) is 20.8 Å². The molecule has 7 heteroatoms. The number of hydrogen-bond donors (Lipinski definition) is 1. The highest BCUT2D eigenvalue weighted by Gasteiger charge is 2.41. The molecule has 1 aliphatic heterocycles. The average Bonchev–Trinajstić information content (AvgIpc) is 3.19. The summed E-state index contributed by atoms with van der Waals surface area (Å²) in [5.74, 6) is 1.41. The highest BCUT2D eigenvalue weighted by atomic mass is 16.2. The Morgan fingerprint density at radius 1 is 1.32 bits per heavy atom. The van der Waals surface area contributed by atoms with Gasteiger partial charge in [0.25, 0.3) is 0 Å². The van der Waals surface area contributed by atoms with Crippen molar-refractivity contribution in [3.8, 4) is 0 Å². The Bertz CT molecular complexity index is 762. The van der Waals surface area contributed by atoms with Crippen molar-refractivity contribution in [2.45, 2.75) is 39.8 Å². The fraction of sp³-hybridized carbons (Fsp3) is 0.611. The Labute approximate surface area is 149 Å². The van der Waals surface area contributed by atoms with E-state index >= 15 is 0 Å². The number of rotatable bonds is 6. The van der Waals surface area contributed by atoms with Gasteiger partial charge in [-0.3, -0.25) is 9.48 Å². The summed E-state index contributed by atoms with van der Waals surface area (Å²) >= 11 is 0. The summed E-state index contributed by atoms with van der Waals surface area (Å²) in [6.07, 6.45) is 4.32. The van der Waals surface area contributed by atoms with Gasteiger partial charge in [0, 0.05) is 69.7 Å². The molecule has 0 spiro atoms. The molecular weight excluding hydrogens is 316 g/mol. The van der Waals surface area contributed by atoms with Crippen LogP contribution < -0.4 is 5.32 Å². The summed E-state index contributed by atoms with van der Waals surface area (Å²) in [4.78, 5) is 18.9. The lowest BCUT2D eigenvalue weighted by molar-refractivity contribution is -0.128. The molecule has 0 saturated carbocycles. The molecule has 3 heterocycles. The molecule has 1 aliphatic rings. The predicted octanol–water partition coefficient (Wildman–Crippen LogP) is 1.47. The van der Waals surface area contributed by atoms with E-state index in [1.54, 1.807) is 6.20 Å². The lowest BCUT2D eigenvalue weighted by atomic mass is 9.99. The van der Waals surface area contributed by atoms with Crippen molar-refractivity contribution in [2.75, 3.05) is 13.1 Å². The Hall–Kier alpha value is -2.15. The van der Waals surface area contributed by atoms with Crippen LogP contribution in [0.25, 0.3) is 0 Å². The molecule has 1 amide bonds. The summed E-state index contributed by atoms with van der Waals surface area (Å²) in [6, 6.07) is 0.0427. The SMILES string of the molecule is CCN1C(=O)C[C@@H](CNCc2c(C)nn(C)c2C)[C@@H]1c1nccn1C. The van der Waals surface area contributed by atoms with Crippen LogP contribution in [0, 0.1) is 19.8 Å². The Kier molecular flexibility index (Phi) is 4.94. The molecule has 2 aromatic rings. The molecule has 0 radical (unpaired) electrons. The number of aromatic nitrogens is 4. The number of hydrogen-bond acceptors (Lipinski definition) is 4. The van der Waals surface area contributed by atoms with Crippen molar-refractivity contribution < 1.29 is 4.79 Å². The summed E-state index contributed by atoms with van der Waals surface area (Å²) in [7, 11) is 3.96. The largest absolute Gasteiger partial charge is 0.336 e. The fourth-order valence-corrected chi connectivity index (χ4v) is 3.89. The number of likely N-dealkylation sites (tertiary alicyclic amines) is 1. The maximum Gasteiger partial charge on any atom is 0.223 e. The second-order valence-corrected chi connectivity index (χ2v) is 6.89. The number of amides is 1. The lowest BCUT2D eigenvalue weighted by Gasteiger charge is -2.27. The molecule has 25 heavy (non-hydrogen) atoms. The van der Waals surface area contributed by atoms with Gasteiger partial charge in [0.2, 0.25) is 5.91 Å². The molecular formula is C18H28N6O. The van der Waals surface area contributed by atoms with Crippen molar-refractivity contribution in [1.29, 1.82) is 0 Å². The van der Waals surface area contributed by atoms with E-state index < -0.39 is 0 Å². The van der Waals surface area contributed by atoms with Gasteiger partial charge in [0.05, 0.1) is 11.7 Å². The van der Waals surface area contributed by atoms with Crippen LogP contribution in [0.1, 0.15) is 42.2 Å². The maximum atomic E-state index is 12.4. The van der Waals surface area contributed by atoms with Crippen LogP contribution in [0.4, 0.5) is 0 Å². The van der Waals surface area contributed by atoms with Crippen molar-refractivity contribution in [3.63, 3.8) is 0 Å². The van der Waals surface area contributed by atoms with E-state index in [9.17, 15) is 4.79 Å². The summed E-state index contributed by atoms with van der Waals surface area (Å²) in [5, 5.41) is 8.01. The third-order valence-corrected chi connectivity index (χ3v) is 5.37. The zero-order valence-corrected chi connectivity index (χ0v) is 15.8. The summed E-state index contributed by atoms with van der Waals surface area (Å²) < 4.78 is 3.94. The standard InChI is InChI=1S/C18H28N6O/c1-6-24-16(25)9-14(17(24)18-20-7-8-22(18)4)10-19-11-15-12(2)21-23(5)13(15)3/h7-8,14,17,19H,6,9-11H2,1-5H3/t14-,17+/m0/s1. The second kappa shape index (κ2) is 7.00. The topological polar surface area (TPSA) is 68.0 Å². The number of imidazole rings is 1. The lowest BCUT2D eigenvalue weighted by Crippen LogP contribution is -2.33. The van der Waals surface area contributed by atoms with Crippen LogP contribution in [-0.4, -0.2) is 43.2 Å². The molecule has 2 atom stereocenters. The van der Waals surface area contributed by atoms with Crippen molar-refractivity contribution in [1.82, 2.24) is 29.5 Å². The zero-order chi connectivity index (χ0) is 18.1. The van der Waals surface area contributed by atoms with Crippen LogP contribution in [-0.2, 0) is 25.4 Å². The van der Waals surface area contributed by atoms with Crippen LogP contribution in [0.3, 0.4) is 0 Å². The number of carbonyl (C=O) groups is 1. The highest BCUT2D eigenvalue weighted by Crippen LogP contribution is 2.36. The van der Waals surface area contributed by atoms with E-state index in [4.69, 9.17) is 0 Å². The first-order valence-electron chi connectivity index (χ1n) is 8.90. The quantitative estimate of drug-likeness (QED) is 0.862. The molecule has 1 fully saturated rings. The molecule has 7 nitrogen and oxygen atoms in total. The third-order valence-electron chi connectivity index (χ3n) is 5.37. The molecule has 1 N–H and O–H groups in total. The van der Waals surface area contributed by atoms with Gasteiger partial charge in [-0.2, -0.15) is 5.10 Å². The Morgan fingerprint density at radius 3 is 2.64 bits per heavy atom. The van der Waals surface area contributed by atoms with Crippen LogP contribution in [0.15, 0.2) is 12.4 Å². The van der Waals surface area contributed by atoms with Crippen molar-refractivity contribution in [2.24, 2.45) is 20.0 Å². The minimum absolute atomic E-state index is 0.0427. The van der Waals surface area contributed by atoms with Crippen LogP contribution in [0.2, 0.25) is 0 Å². The van der Waals surface area contributed by atoms with Gasteiger partial charge >= 0.3 is 0 Å². The van der Waals surface area contributed by atoms with Gasteiger partial charge in [0.1, 0.15) is 5.82 Å². The molecule has 0 aliphatic carbocycles. The summed E-state index contributed by atoms with van der Waals surface area (Å²) in [6.45, 7) is 8.44. The van der Waals surface area contributed by atoms with E-state index in [1.807, 2.05) is 48.3 Å². The molecule has 136 valence electrons. The normalized spacial score (nSPS) is 20.7. The minimum Gasteiger partial charge on any atom is -0.336 e. The fourth-order valence-electron chi connectivity index (χ4n) is 3.89. The second-order valence-electron chi connectivity index (χ2n) is 6.89. The first kappa shape index (κ1) is 17.7. The molecule has 0 unspecified atom stereocenters. The average molecular weight is 344 g/mol. The maximum absolute atomic E-state index is 12.4.